The van der Waals surface area contributed by atoms with Crippen molar-refractivity contribution in [1.29, 1.82) is 0 Å². The third-order valence-electron chi connectivity index (χ3n) is 3.15. The molecule has 2 aromatic rings. The first-order valence-electron chi connectivity index (χ1n) is 6.79. The number of ether oxygens (including phenoxy) is 3. The van der Waals surface area contributed by atoms with Crippen molar-refractivity contribution < 1.29 is 14.2 Å². The SMILES string of the molecule is CC(C)O[C@@H](C)c1n[nH]c(=O)n1-c1ccc2c(c1)OCO2. The monoisotopic (exact) mass is 291 g/mol. The fourth-order valence-electron chi connectivity index (χ4n) is 2.32. The zero-order chi connectivity index (χ0) is 15.0. The summed E-state index contributed by atoms with van der Waals surface area (Å²) in [6.45, 7) is 5.93. The summed E-state index contributed by atoms with van der Waals surface area (Å²) in [5.41, 5.74) is 0.343. The second kappa shape index (κ2) is 5.25. The van der Waals surface area contributed by atoms with Crippen LogP contribution in [0.3, 0.4) is 0 Å². The van der Waals surface area contributed by atoms with Crippen LogP contribution in [0.15, 0.2) is 23.0 Å². The molecule has 2 heterocycles. The molecule has 0 unspecified atom stereocenters. The molecule has 0 amide bonds. The van der Waals surface area contributed by atoms with Crippen molar-refractivity contribution in [3.63, 3.8) is 0 Å². The molecule has 3 rings (SSSR count). The van der Waals surface area contributed by atoms with Crippen LogP contribution in [0.1, 0.15) is 32.7 Å². The lowest BCUT2D eigenvalue weighted by Gasteiger charge is -2.16. The molecule has 1 N–H and O–H groups in total. The summed E-state index contributed by atoms with van der Waals surface area (Å²) in [5.74, 6) is 1.81. The molecule has 0 radical (unpaired) electrons. The lowest BCUT2D eigenvalue weighted by atomic mass is 10.2. The molecule has 7 heteroatoms. The van der Waals surface area contributed by atoms with Gasteiger partial charge in [-0.05, 0) is 32.9 Å². The molecule has 7 nitrogen and oxygen atoms in total. The van der Waals surface area contributed by atoms with Gasteiger partial charge in [0.25, 0.3) is 0 Å². The molecule has 0 saturated heterocycles. The largest absolute Gasteiger partial charge is 0.454 e. The van der Waals surface area contributed by atoms with Crippen LogP contribution in [0.2, 0.25) is 0 Å². The van der Waals surface area contributed by atoms with E-state index in [1.54, 1.807) is 18.2 Å². The topological polar surface area (TPSA) is 78.4 Å². The highest BCUT2D eigenvalue weighted by Crippen LogP contribution is 2.33. The molecule has 0 bridgehead atoms. The van der Waals surface area contributed by atoms with Gasteiger partial charge in [-0.25, -0.2) is 14.5 Å². The number of aromatic nitrogens is 3. The Morgan fingerprint density at radius 2 is 2.05 bits per heavy atom. The molecular weight excluding hydrogens is 274 g/mol. The Labute approximate surface area is 121 Å². The van der Waals surface area contributed by atoms with Gasteiger partial charge in [0.1, 0.15) is 6.10 Å². The van der Waals surface area contributed by atoms with E-state index in [9.17, 15) is 4.79 Å². The van der Waals surface area contributed by atoms with Gasteiger partial charge in [0.05, 0.1) is 11.8 Å². The van der Waals surface area contributed by atoms with E-state index in [1.807, 2.05) is 20.8 Å². The molecule has 1 aromatic heterocycles. The van der Waals surface area contributed by atoms with Gasteiger partial charge in [-0.2, -0.15) is 5.10 Å². The van der Waals surface area contributed by atoms with Crippen LogP contribution in [0.5, 0.6) is 11.5 Å². The minimum Gasteiger partial charge on any atom is -0.454 e. The van der Waals surface area contributed by atoms with Crippen molar-refractivity contribution in [2.45, 2.75) is 33.0 Å². The molecule has 1 aliphatic rings. The summed E-state index contributed by atoms with van der Waals surface area (Å²) >= 11 is 0. The maximum Gasteiger partial charge on any atom is 0.348 e. The molecule has 0 aliphatic carbocycles. The molecule has 0 saturated carbocycles. The first-order valence-corrected chi connectivity index (χ1v) is 6.79. The molecular formula is C14H17N3O4. The average molecular weight is 291 g/mol. The third-order valence-corrected chi connectivity index (χ3v) is 3.15. The number of rotatable bonds is 4. The second-order valence-corrected chi connectivity index (χ2v) is 5.09. The quantitative estimate of drug-likeness (QED) is 0.929. The molecule has 1 aliphatic heterocycles. The van der Waals surface area contributed by atoms with Gasteiger partial charge in [-0.1, -0.05) is 0 Å². The summed E-state index contributed by atoms with van der Waals surface area (Å²) in [5, 5.41) is 6.53. The van der Waals surface area contributed by atoms with Gasteiger partial charge >= 0.3 is 5.69 Å². The Morgan fingerprint density at radius 3 is 2.81 bits per heavy atom. The van der Waals surface area contributed by atoms with E-state index in [0.717, 1.165) is 0 Å². The molecule has 0 fully saturated rings. The Balaban J connectivity index is 2.02. The Bertz CT molecular complexity index is 704. The summed E-state index contributed by atoms with van der Waals surface area (Å²) in [6.07, 6.45) is -0.272. The van der Waals surface area contributed by atoms with Gasteiger partial charge in [0.15, 0.2) is 17.3 Å². The van der Waals surface area contributed by atoms with Crippen molar-refractivity contribution in [3.8, 4) is 17.2 Å². The van der Waals surface area contributed by atoms with Crippen molar-refractivity contribution in [3.05, 3.63) is 34.5 Å². The number of fused-ring (bicyclic) bond motifs is 1. The zero-order valence-corrected chi connectivity index (χ0v) is 12.1. The van der Waals surface area contributed by atoms with Crippen LogP contribution in [0, 0.1) is 0 Å². The van der Waals surface area contributed by atoms with E-state index in [4.69, 9.17) is 14.2 Å². The second-order valence-electron chi connectivity index (χ2n) is 5.09. The van der Waals surface area contributed by atoms with E-state index in [-0.39, 0.29) is 24.7 Å². The minimum absolute atomic E-state index is 0.0389. The molecule has 1 aromatic carbocycles. The number of nitrogens with zero attached hydrogens (tertiary/aromatic N) is 2. The van der Waals surface area contributed by atoms with E-state index in [1.165, 1.54) is 4.57 Å². The Hall–Kier alpha value is -2.28. The first kappa shape index (κ1) is 13.7. The third kappa shape index (κ3) is 2.52. The van der Waals surface area contributed by atoms with Crippen LogP contribution < -0.4 is 15.2 Å². The van der Waals surface area contributed by atoms with Gasteiger partial charge in [-0.15, -0.1) is 0 Å². The summed E-state index contributed by atoms with van der Waals surface area (Å²) < 4.78 is 17.8. The van der Waals surface area contributed by atoms with E-state index >= 15 is 0 Å². The molecule has 0 spiro atoms. The van der Waals surface area contributed by atoms with E-state index in [0.29, 0.717) is 23.0 Å². The maximum atomic E-state index is 12.0. The van der Waals surface area contributed by atoms with Crippen molar-refractivity contribution in [2.24, 2.45) is 0 Å². The van der Waals surface area contributed by atoms with Crippen LogP contribution in [0.25, 0.3) is 5.69 Å². The number of hydrogen-bond acceptors (Lipinski definition) is 5. The van der Waals surface area contributed by atoms with Crippen LogP contribution >= 0.6 is 0 Å². The van der Waals surface area contributed by atoms with Gasteiger partial charge in [0.2, 0.25) is 6.79 Å². The fraction of sp³-hybridized carbons (Fsp3) is 0.429. The molecule has 21 heavy (non-hydrogen) atoms. The maximum absolute atomic E-state index is 12.0. The predicted octanol–water partition coefficient (Wildman–Crippen LogP) is 1.78. The van der Waals surface area contributed by atoms with Crippen molar-refractivity contribution >= 4 is 0 Å². The van der Waals surface area contributed by atoms with E-state index < -0.39 is 0 Å². The molecule has 1 atom stereocenters. The predicted molar refractivity (Wildman–Crippen MR) is 74.9 cm³/mol. The standard InChI is InChI=1S/C14H17N3O4/c1-8(2)21-9(3)13-15-16-14(18)17(13)10-4-5-11-12(6-10)20-7-19-11/h4-6,8-9H,7H2,1-3H3,(H,16,18)/t9-/m0/s1. The fourth-order valence-corrected chi connectivity index (χ4v) is 2.32. The summed E-state index contributed by atoms with van der Waals surface area (Å²) in [4.78, 5) is 12.0. The van der Waals surface area contributed by atoms with Crippen molar-refractivity contribution in [2.75, 3.05) is 6.79 Å². The van der Waals surface area contributed by atoms with Crippen molar-refractivity contribution in [1.82, 2.24) is 14.8 Å². The van der Waals surface area contributed by atoms with Crippen LogP contribution in [0.4, 0.5) is 0 Å². The Kier molecular flexibility index (Phi) is 3.42. The summed E-state index contributed by atoms with van der Waals surface area (Å²) in [7, 11) is 0. The van der Waals surface area contributed by atoms with Gasteiger partial charge in [0, 0.05) is 6.07 Å². The number of H-pyrrole nitrogens is 1. The first-order chi connectivity index (χ1) is 10.1. The lowest BCUT2D eigenvalue weighted by molar-refractivity contribution is 0.0118. The summed E-state index contributed by atoms with van der Waals surface area (Å²) in [6, 6.07) is 5.32. The van der Waals surface area contributed by atoms with Gasteiger partial charge in [-0.3, -0.25) is 0 Å². The highest BCUT2D eigenvalue weighted by molar-refractivity contribution is 5.50. The van der Waals surface area contributed by atoms with Gasteiger partial charge < -0.3 is 14.2 Å². The lowest BCUT2D eigenvalue weighted by Crippen LogP contribution is -2.19. The minimum atomic E-state index is -0.317. The van der Waals surface area contributed by atoms with Crippen LogP contribution in [-0.4, -0.2) is 27.7 Å². The number of hydrogen-bond donors (Lipinski definition) is 1. The Morgan fingerprint density at radius 1 is 1.29 bits per heavy atom. The average Bonchev–Trinajstić information content (AvgIpc) is 3.02. The number of benzene rings is 1. The smallest absolute Gasteiger partial charge is 0.348 e. The zero-order valence-electron chi connectivity index (χ0n) is 12.1. The number of aromatic amines is 1. The highest BCUT2D eigenvalue weighted by atomic mass is 16.7. The van der Waals surface area contributed by atoms with Crippen LogP contribution in [-0.2, 0) is 4.74 Å². The normalized spacial score (nSPS) is 14.7. The highest BCUT2D eigenvalue weighted by Gasteiger charge is 2.21. The van der Waals surface area contributed by atoms with E-state index in [2.05, 4.69) is 10.2 Å². The molecule has 112 valence electrons. The number of nitrogens with one attached hydrogen (secondary N) is 1.